The van der Waals surface area contributed by atoms with Gasteiger partial charge in [-0.3, -0.25) is 4.79 Å². The minimum atomic E-state index is -0.220. The van der Waals surface area contributed by atoms with Gasteiger partial charge in [-0.05, 0) is 32.6 Å². The smallest absolute Gasteiger partial charge is 0.222 e. The molecule has 0 saturated carbocycles. The van der Waals surface area contributed by atoms with Crippen LogP contribution in [0.1, 0.15) is 46.5 Å². The van der Waals surface area contributed by atoms with Crippen molar-refractivity contribution in [1.29, 1.82) is 5.26 Å². The fourth-order valence-corrected chi connectivity index (χ4v) is 2.11. The highest BCUT2D eigenvalue weighted by atomic mass is 16.2. The molecule has 0 aromatic carbocycles. The van der Waals surface area contributed by atoms with Crippen LogP contribution in [0.3, 0.4) is 0 Å². The van der Waals surface area contributed by atoms with Gasteiger partial charge in [-0.25, -0.2) is 0 Å². The van der Waals surface area contributed by atoms with Gasteiger partial charge in [0, 0.05) is 19.5 Å². The van der Waals surface area contributed by atoms with Crippen LogP contribution in [0.25, 0.3) is 0 Å². The van der Waals surface area contributed by atoms with E-state index >= 15 is 0 Å². The van der Waals surface area contributed by atoms with Crippen molar-refractivity contribution in [3.8, 4) is 6.07 Å². The highest BCUT2D eigenvalue weighted by Crippen LogP contribution is 2.22. The maximum absolute atomic E-state index is 11.5. The van der Waals surface area contributed by atoms with Crippen molar-refractivity contribution in [1.82, 2.24) is 4.90 Å². The van der Waals surface area contributed by atoms with Crippen LogP contribution in [0, 0.1) is 22.7 Å². The molecule has 0 bridgehead atoms. The van der Waals surface area contributed by atoms with Gasteiger partial charge in [0.25, 0.3) is 0 Å². The summed E-state index contributed by atoms with van der Waals surface area (Å²) in [6, 6.07) is 2.31. The predicted octanol–water partition coefficient (Wildman–Crippen LogP) is 2.57. The summed E-state index contributed by atoms with van der Waals surface area (Å²) < 4.78 is 0. The topological polar surface area (TPSA) is 44.1 Å². The number of hydrogen-bond donors (Lipinski definition) is 0. The van der Waals surface area contributed by atoms with Gasteiger partial charge in [-0.15, -0.1) is 0 Å². The maximum atomic E-state index is 11.5. The molecule has 16 heavy (non-hydrogen) atoms. The summed E-state index contributed by atoms with van der Waals surface area (Å²) in [4.78, 5) is 13.5. The van der Waals surface area contributed by atoms with Gasteiger partial charge in [0.2, 0.25) is 5.91 Å². The lowest BCUT2D eigenvalue weighted by Crippen LogP contribution is -2.26. The zero-order chi connectivity index (χ0) is 12.2. The average molecular weight is 222 g/mol. The Morgan fingerprint density at radius 3 is 2.69 bits per heavy atom. The van der Waals surface area contributed by atoms with E-state index in [1.165, 1.54) is 0 Å². The Bertz CT molecular complexity index is 291. The van der Waals surface area contributed by atoms with Crippen molar-refractivity contribution < 1.29 is 4.79 Å². The van der Waals surface area contributed by atoms with Crippen molar-refractivity contribution in [2.45, 2.75) is 46.5 Å². The number of carbonyl (C=O) groups is 1. The van der Waals surface area contributed by atoms with E-state index in [4.69, 9.17) is 5.26 Å². The van der Waals surface area contributed by atoms with Crippen LogP contribution in [-0.2, 0) is 4.79 Å². The van der Waals surface area contributed by atoms with E-state index in [2.05, 4.69) is 13.0 Å². The molecule has 1 unspecified atom stereocenters. The zero-order valence-corrected chi connectivity index (χ0v) is 10.6. The fourth-order valence-electron chi connectivity index (χ4n) is 2.11. The molecule has 0 aromatic heterocycles. The number of carbonyl (C=O) groups excluding carboxylic acids is 1. The van der Waals surface area contributed by atoms with E-state index in [-0.39, 0.29) is 5.41 Å². The van der Waals surface area contributed by atoms with Crippen molar-refractivity contribution in [3.63, 3.8) is 0 Å². The van der Waals surface area contributed by atoms with Gasteiger partial charge in [0.1, 0.15) is 0 Å². The molecule has 1 rings (SSSR count). The maximum Gasteiger partial charge on any atom is 0.222 e. The van der Waals surface area contributed by atoms with Gasteiger partial charge in [0.05, 0.1) is 11.5 Å². The second-order valence-corrected chi connectivity index (χ2v) is 5.60. The molecule has 0 spiro atoms. The Kier molecular flexibility index (Phi) is 4.35. The third kappa shape index (κ3) is 3.84. The Labute approximate surface area is 98.4 Å². The van der Waals surface area contributed by atoms with Crippen LogP contribution in [0.2, 0.25) is 0 Å². The van der Waals surface area contributed by atoms with Crippen LogP contribution >= 0.6 is 0 Å². The molecule has 1 aliphatic rings. The molecule has 0 N–H and O–H groups in total. The normalized spacial score (nSPS) is 21.2. The lowest BCUT2D eigenvalue weighted by molar-refractivity contribution is -0.127. The van der Waals surface area contributed by atoms with E-state index in [9.17, 15) is 4.79 Å². The van der Waals surface area contributed by atoms with Crippen LogP contribution < -0.4 is 0 Å². The summed E-state index contributed by atoms with van der Waals surface area (Å²) in [7, 11) is 0. The molecular formula is C13H22N2O. The number of nitriles is 1. The first-order valence-corrected chi connectivity index (χ1v) is 6.13. The van der Waals surface area contributed by atoms with Gasteiger partial charge in [-0.1, -0.05) is 13.3 Å². The van der Waals surface area contributed by atoms with Gasteiger partial charge < -0.3 is 4.90 Å². The molecular weight excluding hydrogens is 200 g/mol. The van der Waals surface area contributed by atoms with E-state index in [0.717, 1.165) is 32.4 Å². The molecule has 1 amide bonds. The third-order valence-corrected chi connectivity index (χ3v) is 3.19. The third-order valence-electron chi connectivity index (χ3n) is 3.19. The van der Waals surface area contributed by atoms with Crippen LogP contribution in [0.15, 0.2) is 0 Å². The van der Waals surface area contributed by atoms with E-state index in [1.54, 1.807) is 0 Å². The van der Waals surface area contributed by atoms with Crippen molar-refractivity contribution >= 4 is 5.91 Å². The Balaban J connectivity index is 2.17. The summed E-state index contributed by atoms with van der Waals surface area (Å²) in [6.45, 7) is 7.84. The lowest BCUT2D eigenvalue weighted by Gasteiger charge is -2.18. The van der Waals surface area contributed by atoms with Gasteiger partial charge >= 0.3 is 0 Å². The van der Waals surface area contributed by atoms with E-state index in [0.29, 0.717) is 18.2 Å². The number of nitrogens with zero attached hydrogens (tertiary/aromatic N) is 2. The minimum absolute atomic E-state index is 0.220. The van der Waals surface area contributed by atoms with Crippen LogP contribution in [-0.4, -0.2) is 23.9 Å². The largest absolute Gasteiger partial charge is 0.342 e. The predicted molar refractivity (Wildman–Crippen MR) is 63.6 cm³/mol. The molecule has 0 radical (unpaired) electrons. The molecule has 1 heterocycles. The molecule has 3 heteroatoms. The highest BCUT2D eigenvalue weighted by molar-refractivity contribution is 5.78. The Morgan fingerprint density at radius 1 is 1.50 bits per heavy atom. The Morgan fingerprint density at radius 2 is 2.19 bits per heavy atom. The minimum Gasteiger partial charge on any atom is -0.342 e. The van der Waals surface area contributed by atoms with Gasteiger partial charge in [-0.2, -0.15) is 5.26 Å². The molecule has 1 aliphatic heterocycles. The Hall–Kier alpha value is -1.04. The molecule has 1 fully saturated rings. The highest BCUT2D eigenvalue weighted by Gasteiger charge is 2.25. The summed E-state index contributed by atoms with van der Waals surface area (Å²) >= 11 is 0. The van der Waals surface area contributed by atoms with Crippen molar-refractivity contribution in [3.05, 3.63) is 0 Å². The molecule has 90 valence electrons. The number of likely N-dealkylation sites (tertiary alicyclic amines) is 1. The summed E-state index contributed by atoms with van der Waals surface area (Å²) in [6.07, 6.45) is 3.67. The average Bonchev–Trinajstić information content (AvgIpc) is 2.52. The number of unbranched alkanes of at least 4 members (excludes halogenated alkanes) is 1. The van der Waals surface area contributed by atoms with Gasteiger partial charge in [0.15, 0.2) is 0 Å². The summed E-state index contributed by atoms with van der Waals surface area (Å²) in [5.74, 6) is 0.815. The molecule has 3 nitrogen and oxygen atoms in total. The first-order valence-electron chi connectivity index (χ1n) is 6.13. The SMILES string of the molecule is CC1CC(=O)N(CCCCC(C)(C)C#N)C1. The van der Waals surface area contributed by atoms with Crippen molar-refractivity contribution in [2.75, 3.05) is 13.1 Å². The fraction of sp³-hybridized carbons (Fsp3) is 0.846. The van der Waals surface area contributed by atoms with E-state index in [1.807, 2.05) is 18.7 Å². The first kappa shape index (κ1) is 13.0. The lowest BCUT2D eigenvalue weighted by atomic mass is 9.89. The second-order valence-electron chi connectivity index (χ2n) is 5.60. The molecule has 1 atom stereocenters. The standard InChI is InChI=1S/C13H22N2O/c1-11-8-12(16)15(9-11)7-5-4-6-13(2,3)10-14/h11H,4-9H2,1-3H3. The van der Waals surface area contributed by atoms with E-state index < -0.39 is 0 Å². The molecule has 0 aliphatic carbocycles. The summed E-state index contributed by atoms with van der Waals surface area (Å²) in [5, 5.41) is 8.87. The quantitative estimate of drug-likeness (QED) is 0.671. The number of rotatable bonds is 5. The number of hydrogen-bond acceptors (Lipinski definition) is 2. The first-order chi connectivity index (χ1) is 7.44. The second kappa shape index (κ2) is 5.34. The van der Waals surface area contributed by atoms with Crippen LogP contribution in [0.4, 0.5) is 0 Å². The van der Waals surface area contributed by atoms with Crippen LogP contribution in [0.5, 0.6) is 0 Å². The zero-order valence-electron chi connectivity index (χ0n) is 10.6. The van der Waals surface area contributed by atoms with Crippen molar-refractivity contribution in [2.24, 2.45) is 11.3 Å². The number of amides is 1. The summed E-state index contributed by atoms with van der Waals surface area (Å²) in [5.41, 5.74) is -0.220. The molecule has 0 aromatic rings. The molecule has 1 saturated heterocycles. The monoisotopic (exact) mass is 222 g/mol.